The van der Waals surface area contributed by atoms with Crippen LogP contribution in [0, 0.1) is 0 Å². The van der Waals surface area contributed by atoms with Gasteiger partial charge in [0.05, 0.1) is 4.70 Å². The molecule has 0 saturated heterocycles. The molecule has 0 radical (unpaired) electrons. The summed E-state index contributed by atoms with van der Waals surface area (Å²) < 4.78 is 1.03. The zero-order chi connectivity index (χ0) is 7.84. The minimum atomic E-state index is -0.446. The zero-order valence-electron chi connectivity index (χ0n) is 5.40. The van der Waals surface area contributed by atoms with Gasteiger partial charge in [-0.15, -0.1) is 22.7 Å². The van der Waals surface area contributed by atoms with Gasteiger partial charge in [-0.1, -0.05) is 0 Å². The summed E-state index contributed by atoms with van der Waals surface area (Å²) >= 11 is 2.85. The van der Waals surface area contributed by atoms with E-state index in [-0.39, 0.29) is 0 Å². The average molecular weight is 184 g/mol. The van der Waals surface area contributed by atoms with E-state index < -0.39 is 5.91 Å². The molecule has 11 heavy (non-hydrogen) atoms. The van der Waals surface area contributed by atoms with Crippen LogP contribution < -0.4 is 5.73 Å². The summed E-state index contributed by atoms with van der Waals surface area (Å²) in [6.45, 7) is 0. The molecule has 3 nitrogen and oxygen atoms in total. The van der Waals surface area contributed by atoms with Gasteiger partial charge in [0.2, 0.25) is 0 Å². The number of hydrogen-bond donors (Lipinski definition) is 1. The number of carbonyl (C=O) groups excluding carboxylic acids is 1. The third-order valence-electron chi connectivity index (χ3n) is 1.23. The molecule has 0 spiro atoms. The van der Waals surface area contributed by atoms with Crippen molar-refractivity contribution in [3.05, 3.63) is 16.5 Å². The number of fused-ring (bicyclic) bond motifs is 1. The number of nitrogens with two attached hydrogens (primary N) is 1. The molecule has 2 heterocycles. The highest BCUT2D eigenvalue weighted by molar-refractivity contribution is 7.27. The Kier molecular flexibility index (Phi) is 1.40. The monoisotopic (exact) mass is 184 g/mol. The highest BCUT2D eigenvalue weighted by Crippen LogP contribution is 2.25. The Morgan fingerprint density at radius 1 is 1.64 bits per heavy atom. The highest BCUT2D eigenvalue weighted by atomic mass is 32.1. The van der Waals surface area contributed by atoms with E-state index in [1.165, 1.54) is 22.7 Å². The summed E-state index contributed by atoms with van der Waals surface area (Å²) in [6, 6.07) is 1.93. The van der Waals surface area contributed by atoms with E-state index in [0.717, 1.165) is 9.53 Å². The van der Waals surface area contributed by atoms with Crippen LogP contribution in [0.5, 0.6) is 0 Å². The Morgan fingerprint density at radius 3 is 3.09 bits per heavy atom. The fourth-order valence-electron chi connectivity index (χ4n) is 0.773. The molecule has 0 aliphatic rings. The molecule has 1 amide bonds. The van der Waals surface area contributed by atoms with Crippen molar-refractivity contribution < 1.29 is 4.79 Å². The molecule has 2 N–H and O–H groups in total. The highest BCUT2D eigenvalue weighted by Gasteiger charge is 2.08. The SMILES string of the molecule is NC(=O)c1nc2sccc2s1. The summed E-state index contributed by atoms with van der Waals surface area (Å²) in [6.07, 6.45) is 0. The van der Waals surface area contributed by atoms with Crippen LogP contribution in [0.25, 0.3) is 9.53 Å². The second-order valence-electron chi connectivity index (χ2n) is 1.97. The quantitative estimate of drug-likeness (QED) is 0.729. The molecule has 0 atom stereocenters. The molecule has 56 valence electrons. The van der Waals surface area contributed by atoms with Gasteiger partial charge < -0.3 is 5.73 Å². The van der Waals surface area contributed by atoms with E-state index in [1.807, 2.05) is 11.4 Å². The minimum absolute atomic E-state index is 0.395. The first kappa shape index (κ1) is 6.75. The smallest absolute Gasteiger partial charge is 0.277 e. The van der Waals surface area contributed by atoms with Crippen molar-refractivity contribution in [2.75, 3.05) is 0 Å². The standard InChI is InChI=1S/C6H4N2OS2/c7-4(9)6-8-5-3(11-6)1-2-10-5/h1-2H,(H2,7,9). The third-order valence-corrected chi connectivity index (χ3v) is 3.20. The maximum atomic E-state index is 10.6. The number of thiophene rings is 1. The Bertz CT molecular complexity index is 375. The first-order valence-electron chi connectivity index (χ1n) is 2.91. The maximum absolute atomic E-state index is 10.6. The molecule has 0 fully saturated rings. The molecule has 2 rings (SSSR count). The van der Waals surface area contributed by atoms with Crippen LogP contribution in [0.4, 0.5) is 0 Å². The lowest BCUT2D eigenvalue weighted by Crippen LogP contribution is -2.09. The molecule has 0 aliphatic heterocycles. The van der Waals surface area contributed by atoms with Crippen LogP contribution in [0.15, 0.2) is 11.4 Å². The first-order chi connectivity index (χ1) is 5.27. The second-order valence-corrected chi connectivity index (χ2v) is 3.90. The Morgan fingerprint density at radius 2 is 2.45 bits per heavy atom. The maximum Gasteiger partial charge on any atom is 0.277 e. The van der Waals surface area contributed by atoms with Crippen LogP contribution in [0.3, 0.4) is 0 Å². The van der Waals surface area contributed by atoms with E-state index >= 15 is 0 Å². The topological polar surface area (TPSA) is 56.0 Å². The van der Waals surface area contributed by atoms with Crippen molar-refractivity contribution in [2.24, 2.45) is 5.73 Å². The molecule has 0 saturated carbocycles. The molecule has 2 aromatic rings. The minimum Gasteiger partial charge on any atom is -0.364 e. The summed E-state index contributed by atoms with van der Waals surface area (Å²) in [5, 5.41) is 2.34. The van der Waals surface area contributed by atoms with Crippen molar-refractivity contribution >= 4 is 38.1 Å². The van der Waals surface area contributed by atoms with Gasteiger partial charge >= 0.3 is 0 Å². The van der Waals surface area contributed by atoms with E-state index in [0.29, 0.717) is 5.01 Å². The molecule has 0 aliphatic carbocycles. The van der Waals surface area contributed by atoms with Crippen molar-refractivity contribution in [1.29, 1.82) is 0 Å². The Labute approximate surface area is 70.5 Å². The van der Waals surface area contributed by atoms with Crippen LogP contribution in [-0.4, -0.2) is 10.9 Å². The van der Waals surface area contributed by atoms with Gasteiger partial charge in [0.1, 0.15) is 4.83 Å². The summed E-state index contributed by atoms with van der Waals surface area (Å²) in [5.74, 6) is -0.446. The summed E-state index contributed by atoms with van der Waals surface area (Å²) in [7, 11) is 0. The van der Waals surface area contributed by atoms with Gasteiger partial charge in [-0.3, -0.25) is 4.79 Å². The third kappa shape index (κ3) is 1.02. The number of nitrogens with zero attached hydrogens (tertiary/aromatic N) is 1. The van der Waals surface area contributed by atoms with E-state index in [4.69, 9.17) is 5.73 Å². The molecule has 0 unspecified atom stereocenters. The van der Waals surface area contributed by atoms with Gasteiger partial charge in [0.25, 0.3) is 5.91 Å². The molecule has 0 aromatic carbocycles. The van der Waals surface area contributed by atoms with Gasteiger partial charge in [0, 0.05) is 0 Å². The average Bonchev–Trinajstić information content (AvgIpc) is 2.40. The number of primary amides is 1. The summed E-state index contributed by atoms with van der Waals surface area (Å²) in [4.78, 5) is 15.6. The van der Waals surface area contributed by atoms with Gasteiger partial charge in [-0.2, -0.15) is 0 Å². The fourth-order valence-corrected chi connectivity index (χ4v) is 2.56. The van der Waals surface area contributed by atoms with E-state index in [1.54, 1.807) is 0 Å². The normalized spacial score (nSPS) is 10.5. The second kappa shape index (κ2) is 2.28. The number of hydrogen-bond acceptors (Lipinski definition) is 4. The van der Waals surface area contributed by atoms with Gasteiger partial charge in [-0.25, -0.2) is 4.98 Å². The van der Waals surface area contributed by atoms with Gasteiger partial charge in [-0.05, 0) is 11.4 Å². The lowest BCUT2D eigenvalue weighted by Gasteiger charge is -1.80. The predicted octanol–water partition coefficient (Wildman–Crippen LogP) is 1.46. The van der Waals surface area contributed by atoms with Gasteiger partial charge in [0.15, 0.2) is 5.01 Å². The number of rotatable bonds is 1. The first-order valence-corrected chi connectivity index (χ1v) is 4.61. The van der Waals surface area contributed by atoms with E-state index in [2.05, 4.69) is 4.98 Å². The molecular formula is C6H4N2OS2. The summed E-state index contributed by atoms with van der Waals surface area (Å²) in [5.41, 5.74) is 5.05. The van der Waals surface area contributed by atoms with E-state index in [9.17, 15) is 4.79 Å². The fraction of sp³-hybridized carbons (Fsp3) is 0. The molecule has 5 heteroatoms. The Hall–Kier alpha value is -0.940. The number of aromatic nitrogens is 1. The Balaban J connectivity index is 2.67. The lowest BCUT2D eigenvalue weighted by atomic mass is 10.6. The number of carbonyl (C=O) groups is 1. The zero-order valence-corrected chi connectivity index (χ0v) is 7.04. The van der Waals surface area contributed by atoms with Crippen molar-refractivity contribution in [1.82, 2.24) is 4.98 Å². The lowest BCUT2D eigenvalue weighted by molar-refractivity contribution is 0.1000. The van der Waals surface area contributed by atoms with Crippen molar-refractivity contribution in [2.45, 2.75) is 0 Å². The van der Waals surface area contributed by atoms with Crippen LogP contribution in [0.1, 0.15) is 9.80 Å². The molecule has 0 bridgehead atoms. The number of amides is 1. The van der Waals surface area contributed by atoms with Crippen LogP contribution in [0.2, 0.25) is 0 Å². The number of thiazole rings is 1. The largest absolute Gasteiger partial charge is 0.364 e. The predicted molar refractivity (Wildman–Crippen MR) is 46.0 cm³/mol. The van der Waals surface area contributed by atoms with Crippen molar-refractivity contribution in [3.8, 4) is 0 Å². The van der Waals surface area contributed by atoms with Crippen LogP contribution in [-0.2, 0) is 0 Å². The van der Waals surface area contributed by atoms with Crippen molar-refractivity contribution in [3.63, 3.8) is 0 Å². The van der Waals surface area contributed by atoms with Crippen LogP contribution >= 0.6 is 22.7 Å². The molecule has 2 aromatic heterocycles. The molecular weight excluding hydrogens is 180 g/mol.